The van der Waals surface area contributed by atoms with Crippen LogP contribution in [0.5, 0.6) is 0 Å². The summed E-state index contributed by atoms with van der Waals surface area (Å²) in [5, 5.41) is 0. The Morgan fingerprint density at radius 2 is 2.18 bits per heavy atom. The highest BCUT2D eigenvalue weighted by atomic mass is 16.1. The minimum absolute atomic E-state index is 0.307. The summed E-state index contributed by atoms with van der Waals surface area (Å²) in [5.74, 6) is 1.47. The average Bonchev–Trinajstić information content (AvgIpc) is 2.52. The smallest absolute Gasteiger partial charge is 0.140 e. The zero-order valence-corrected chi connectivity index (χ0v) is 7.13. The summed E-state index contributed by atoms with van der Waals surface area (Å²) < 4.78 is 0. The van der Waals surface area contributed by atoms with Gasteiger partial charge in [-0.1, -0.05) is 26.0 Å². The SMILES string of the molecule is CC1(C)C2CC=CCC(=O)C21. The second-order valence-corrected chi connectivity index (χ2v) is 4.28. The van der Waals surface area contributed by atoms with Crippen LogP contribution in [0.1, 0.15) is 26.7 Å². The number of fused-ring (bicyclic) bond motifs is 1. The number of carbonyl (C=O) groups excluding carboxylic acids is 1. The number of ketones is 1. The molecule has 0 amide bonds. The second kappa shape index (κ2) is 1.96. The van der Waals surface area contributed by atoms with Crippen molar-refractivity contribution in [2.75, 3.05) is 0 Å². The molecule has 60 valence electrons. The van der Waals surface area contributed by atoms with Crippen molar-refractivity contribution in [2.24, 2.45) is 17.3 Å². The molecule has 2 rings (SSSR count). The van der Waals surface area contributed by atoms with Gasteiger partial charge < -0.3 is 0 Å². The Labute approximate surface area is 67.5 Å². The van der Waals surface area contributed by atoms with Crippen LogP contribution >= 0.6 is 0 Å². The van der Waals surface area contributed by atoms with Gasteiger partial charge >= 0.3 is 0 Å². The lowest BCUT2D eigenvalue weighted by Crippen LogP contribution is -2.03. The van der Waals surface area contributed by atoms with Crippen molar-refractivity contribution in [3.8, 4) is 0 Å². The van der Waals surface area contributed by atoms with E-state index in [1.807, 2.05) is 6.08 Å². The second-order valence-electron chi connectivity index (χ2n) is 4.28. The zero-order chi connectivity index (χ0) is 8.06. The van der Waals surface area contributed by atoms with Crippen LogP contribution in [0.15, 0.2) is 12.2 Å². The third-order valence-electron chi connectivity index (χ3n) is 3.27. The molecule has 2 aliphatic carbocycles. The minimum atomic E-state index is 0.307. The molecule has 1 saturated carbocycles. The fourth-order valence-corrected chi connectivity index (χ4v) is 2.39. The molecule has 0 saturated heterocycles. The van der Waals surface area contributed by atoms with E-state index in [4.69, 9.17) is 0 Å². The maximum absolute atomic E-state index is 11.4. The van der Waals surface area contributed by atoms with Crippen molar-refractivity contribution in [1.82, 2.24) is 0 Å². The quantitative estimate of drug-likeness (QED) is 0.484. The topological polar surface area (TPSA) is 17.1 Å². The number of hydrogen-bond acceptors (Lipinski definition) is 1. The molecule has 0 aromatic carbocycles. The van der Waals surface area contributed by atoms with Crippen LogP contribution < -0.4 is 0 Å². The lowest BCUT2D eigenvalue weighted by atomic mass is 10.0. The van der Waals surface area contributed by atoms with Gasteiger partial charge in [0.05, 0.1) is 0 Å². The highest BCUT2D eigenvalue weighted by Gasteiger charge is 2.60. The predicted octanol–water partition coefficient (Wildman–Crippen LogP) is 2.18. The first-order chi connectivity index (χ1) is 5.14. The average molecular weight is 150 g/mol. The summed E-state index contributed by atoms with van der Waals surface area (Å²) in [4.78, 5) is 11.4. The summed E-state index contributed by atoms with van der Waals surface area (Å²) >= 11 is 0. The van der Waals surface area contributed by atoms with Crippen molar-refractivity contribution in [2.45, 2.75) is 26.7 Å². The fourth-order valence-electron chi connectivity index (χ4n) is 2.39. The third-order valence-corrected chi connectivity index (χ3v) is 3.27. The van der Waals surface area contributed by atoms with E-state index in [0.29, 0.717) is 29.5 Å². The highest BCUT2D eigenvalue weighted by molar-refractivity contribution is 5.86. The summed E-state index contributed by atoms with van der Waals surface area (Å²) in [7, 11) is 0. The first-order valence-corrected chi connectivity index (χ1v) is 4.32. The molecule has 0 aromatic rings. The van der Waals surface area contributed by atoms with Gasteiger partial charge in [0.15, 0.2) is 0 Å². The Morgan fingerprint density at radius 3 is 2.91 bits per heavy atom. The van der Waals surface area contributed by atoms with E-state index in [0.717, 1.165) is 6.42 Å². The van der Waals surface area contributed by atoms with Crippen molar-refractivity contribution in [3.63, 3.8) is 0 Å². The van der Waals surface area contributed by atoms with E-state index in [-0.39, 0.29) is 0 Å². The van der Waals surface area contributed by atoms with Gasteiger partial charge in [0.1, 0.15) is 5.78 Å². The highest BCUT2D eigenvalue weighted by Crippen LogP contribution is 2.61. The van der Waals surface area contributed by atoms with Gasteiger partial charge in [-0.3, -0.25) is 4.79 Å². The standard InChI is InChI=1S/C10H14O/c1-10(2)7-5-3-4-6-8(11)9(7)10/h3-4,7,9H,5-6H2,1-2H3. The Bertz CT molecular complexity index is 225. The van der Waals surface area contributed by atoms with Crippen molar-refractivity contribution < 1.29 is 4.79 Å². The number of allylic oxidation sites excluding steroid dienone is 2. The molecular formula is C10H14O. The van der Waals surface area contributed by atoms with E-state index in [9.17, 15) is 4.79 Å². The van der Waals surface area contributed by atoms with Crippen LogP contribution in [0.4, 0.5) is 0 Å². The van der Waals surface area contributed by atoms with Crippen molar-refractivity contribution in [3.05, 3.63) is 12.2 Å². The lowest BCUT2D eigenvalue weighted by Gasteiger charge is -2.01. The molecule has 1 heteroatoms. The summed E-state index contributed by atoms with van der Waals surface area (Å²) in [6.07, 6.45) is 5.97. The molecule has 11 heavy (non-hydrogen) atoms. The van der Waals surface area contributed by atoms with Crippen LogP contribution in [0, 0.1) is 17.3 Å². The van der Waals surface area contributed by atoms with Gasteiger partial charge in [0, 0.05) is 12.3 Å². The van der Waals surface area contributed by atoms with E-state index < -0.39 is 0 Å². The number of carbonyl (C=O) groups is 1. The normalized spacial score (nSPS) is 39.6. The summed E-state index contributed by atoms with van der Waals surface area (Å²) in [5.41, 5.74) is 0.307. The molecule has 0 bridgehead atoms. The molecule has 0 radical (unpaired) electrons. The molecule has 1 nitrogen and oxygen atoms in total. The molecule has 0 N–H and O–H groups in total. The minimum Gasteiger partial charge on any atom is -0.299 e. The predicted molar refractivity (Wildman–Crippen MR) is 44.1 cm³/mol. The van der Waals surface area contributed by atoms with Gasteiger partial charge in [-0.25, -0.2) is 0 Å². The van der Waals surface area contributed by atoms with Gasteiger partial charge in [0.2, 0.25) is 0 Å². The van der Waals surface area contributed by atoms with Crippen LogP contribution in [0.2, 0.25) is 0 Å². The lowest BCUT2D eigenvalue weighted by molar-refractivity contribution is -0.120. The fraction of sp³-hybridized carbons (Fsp3) is 0.700. The van der Waals surface area contributed by atoms with E-state index in [1.165, 1.54) is 0 Å². The van der Waals surface area contributed by atoms with Crippen LogP contribution in [0.3, 0.4) is 0 Å². The van der Waals surface area contributed by atoms with Gasteiger partial charge in [-0.15, -0.1) is 0 Å². The molecule has 0 heterocycles. The van der Waals surface area contributed by atoms with E-state index in [2.05, 4.69) is 19.9 Å². The largest absolute Gasteiger partial charge is 0.299 e. The van der Waals surface area contributed by atoms with Crippen LogP contribution in [-0.4, -0.2) is 5.78 Å². The van der Waals surface area contributed by atoms with Gasteiger partial charge in [-0.05, 0) is 17.8 Å². The van der Waals surface area contributed by atoms with E-state index in [1.54, 1.807) is 0 Å². The summed E-state index contributed by atoms with van der Waals surface area (Å²) in [6, 6.07) is 0. The van der Waals surface area contributed by atoms with Crippen LogP contribution in [-0.2, 0) is 4.79 Å². The molecule has 1 fully saturated rings. The molecule has 0 aliphatic heterocycles. The molecule has 2 unspecified atom stereocenters. The molecule has 2 aliphatic rings. The maximum atomic E-state index is 11.4. The monoisotopic (exact) mass is 150 g/mol. The first kappa shape index (κ1) is 7.08. The summed E-state index contributed by atoms with van der Waals surface area (Å²) in [6.45, 7) is 4.42. The maximum Gasteiger partial charge on any atom is 0.140 e. The molecule has 2 atom stereocenters. The number of hydrogen-bond donors (Lipinski definition) is 0. The van der Waals surface area contributed by atoms with Gasteiger partial charge in [-0.2, -0.15) is 0 Å². The Kier molecular flexibility index (Phi) is 1.26. The first-order valence-electron chi connectivity index (χ1n) is 4.32. The Balaban J connectivity index is 2.22. The Hall–Kier alpha value is -0.590. The number of Topliss-reactive ketones (excluding diaryl/α,β-unsaturated/α-hetero) is 1. The third kappa shape index (κ3) is 0.867. The van der Waals surface area contributed by atoms with Gasteiger partial charge in [0.25, 0.3) is 0 Å². The molecular weight excluding hydrogens is 136 g/mol. The van der Waals surface area contributed by atoms with Crippen molar-refractivity contribution >= 4 is 5.78 Å². The number of rotatable bonds is 0. The van der Waals surface area contributed by atoms with E-state index >= 15 is 0 Å². The zero-order valence-electron chi connectivity index (χ0n) is 7.13. The van der Waals surface area contributed by atoms with Crippen molar-refractivity contribution in [1.29, 1.82) is 0 Å². The molecule has 0 aromatic heterocycles. The van der Waals surface area contributed by atoms with Crippen LogP contribution in [0.25, 0.3) is 0 Å². The Morgan fingerprint density at radius 1 is 1.45 bits per heavy atom. The molecule has 0 spiro atoms.